The highest BCUT2D eigenvalue weighted by Gasteiger charge is 2.52. The Morgan fingerprint density at radius 1 is 0.821 bits per heavy atom. The van der Waals surface area contributed by atoms with Crippen LogP contribution in [0.4, 0.5) is 0 Å². The van der Waals surface area contributed by atoms with Gasteiger partial charge in [0.2, 0.25) is 0 Å². The Balaban J connectivity index is 1.71. The number of methoxy groups -OCH3 is 2. The number of carboxylic acid groups (broad SMARTS) is 1. The van der Waals surface area contributed by atoms with Crippen LogP contribution in [0.5, 0.6) is 23.0 Å². The Morgan fingerprint density at radius 2 is 1.33 bits per heavy atom. The van der Waals surface area contributed by atoms with E-state index in [2.05, 4.69) is 0 Å². The molecule has 2 aromatic rings. The molecule has 39 heavy (non-hydrogen) atoms. The monoisotopic (exact) mass is 544 g/mol. The van der Waals surface area contributed by atoms with Crippen molar-refractivity contribution in [2.45, 2.75) is 36.8 Å². The van der Waals surface area contributed by atoms with Gasteiger partial charge in [-0.3, -0.25) is 0 Å². The van der Waals surface area contributed by atoms with Gasteiger partial charge in [-0.1, -0.05) is 12.1 Å². The number of ether oxygens (including phenoxy) is 4. The van der Waals surface area contributed by atoms with Crippen molar-refractivity contribution in [3.8, 4) is 23.0 Å². The summed E-state index contributed by atoms with van der Waals surface area (Å²) in [6.45, 7) is 0. The van der Waals surface area contributed by atoms with Crippen LogP contribution in [0.1, 0.15) is 24.0 Å². The third kappa shape index (κ3) is 7.27. The third-order valence-electron chi connectivity index (χ3n) is 6.00. The molecule has 2 aromatic carbocycles. The molecule has 0 aliphatic heterocycles. The van der Waals surface area contributed by atoms with Crippen LogP contribution >= 0.6 is 0 Å². The lowest BCUT2D eigenvalue weighted by Gasteiger charge is -2.40. The summed E-state index contributed by atoms with van der Waals surface area (Å²) in [6.07, 6.45) is -1.36. The fraction of sp³-hybridized carbons (Fsp3) is 0.296. The van der Waals surface area contributed by atoms with E-state index in [0.29, 0.717) is 11.1 Å². The average molecular weight is 545 g/mol. The highest BCUT2D eigenvalue weighted by atomic mass is 16.6. The Kier molecular flexibility index (Phi) is 9.17. The predicted octanol–water partition coefficient (Wildman–Crippen LogP) is 1.64. The van der Waals surface area contributed by atoms with Crippen molar-refractivity contribution in [3.05, 3.63) is 59.7 Å². The largest absolute Gasteiger partial charge is 0.504 e. The number of benzene rings is 2. The van der Waals surface area contributed by atoms with Crippen molar-refractivity contribution < 1.29 is 58.9 Å². The molecule has 0 saturated heterocycles. The highest BCUT2D eigenvalue weighted by molar-refractivity contribution is 5.88. The molecule has 2 unspecified atom stereocenters. The Bertz CT molecular complexity index is 1280. The van der Waals surface area contributed by atoms with Gasteiger partial charge >= 0.3 is 17.9 Å². The summed E-state index contributed by atoms with van der Waals surface area (Å²) in [5.41, 5.74) is -1.56. The molecule has 208 valence electrons. The van der Waals surface area contributed by atoms with Crippen LogP contribution in [-0.2, 0) is 23.9 Å². The zero-order chi connectivity index (χ0) is 28.7. The van der Waals surface area contributed by atoms with Gasteiger partial charge in [0.1, 0.15) is 18.3 Å². The van der Waals surface area contributed by atoms with Crippen LogP contribution in [0.2, 0.25) is 0 Å². The maximum Gasteiger partial charge on any atom is 0.335 e. The Labute approximate surface area is 222 Å². The van der Waals surface area contributed by atoms with E-state index < -0.39 is 54.7 Å². The third-order valence-corrected chi connectivity index (χ3v) is 6.00. The second-order valence-corrected chi connectivity index (χ2v) is 8.72. The number of carbonyl (C=O) groups is 3. The fourth-order valence-corrected chi connectivity index (χ4v) is 3.94. The number of phenolic OH excluding ortho intramolecular Hbond substituents is 2. The summed E-state index contributed by atoms with van der Waals surface area (Å²) in [4.78, 5) is 36.5. The van der Waals surface area contributed by atoms with Crippen LogP contribution in [0, 0.1) is 0 Å². The van der Waals surface area contributed by atoms with Crippen molar-refractivity contribution in [2.24, 2.45) is 0 Å². The van der Waals surface area contributed by atoms with Crippen molar-refractivity contribution in [3.63, 3.8) is 0 Å². The quantitative estimate of drug-likeness (QED) is 0.227. The SMILES string of the molecule is COc1ccc(/C=C/C(=O)O[C@H]2CC(O)(C(=O)O)C[C@H](OC(=O)/C=C/c3ccc(O)c(OC)c3)C2O)cc1O. The molecule has 0 heterocycles. The first kappa shape index (κ1) is 29.0. The van der Waals surface area contributed by atoms with E-state index in [1.54, 1.807) is 6.07 Å². The molecule has 0 spiro atoms. The van der Waals surface area contributed by atoms with Gasteiger partial charge in [0.05, 0.1) is 14.2 Å². The lowest BCUT2D eigenvalue weighted by atomic mass is 9.79. The van der Waals surface area contributed by atoms with Gasteiger partial charge in [-0.25, -0.2) is 14.4 Å². The topological polar surface area (TPSA) is 189 Å². The normalized spacial score (nSPS) is 22.9. The van der Waals surface area contributed by atoms with Gasteiger partial charge in [0.25, 0.3) is 0 Å². The highest BCUT2D eigenvalue weighted by Crippen LogP contribution is 2.34. The number of aliphatic carboxylic acids is 1. The number of phenols is 2. The molecular formula is C27H28O12. The number of carboxylic acids is 1. The molecule has 3 rings (SSSR count). The first-order chi connectivity index (χ1) is 18.4. The van der Waals surface area contributed by atoms with E-state index in [9.17, 15) is 39.9 Å². The summed E-state index contributed by atoms with van der Waals surface area (Å²) in [5, 5.41) is 50.4. The zero-order valence-electron chi connectivity index (χ0n) is 21.0. The van der Waals surface area contributed by atoms with Crippen molar-refractivity contribution in [2.75, 3.05) is 14.2 Å². The van der Waals surface area contributed by atoms with E-state index in [1.165, 1.54) is 56.7 Å². The number of carbonyl (C=O) groups excluding carboxylic acids is 2. The molecular weight excluding hydrogens is 516 g/mol. The number of aliphatic hydroxyl groups is 2. The minimum absolute atomic E-state index is 0.104. The van der Waals surface area contributed by atoms with E-state index >= 15 is 0 Å². The van der Waals surface area contributed by atoms with E-state index in [4.69, 9.17) is 18.9 Å². The molecule has 1 aliphatic carbocycles. The molecule has 1 fully saturated rings. The van der Waals surface area contributed by atoms with Gasteiger partial charge in [0.15, 0.2) is 28.6 Å². The summed E-state index contributed by atoms with van der Waals surface area (Å²) < 4.78 is 20.3. The lowest BCUT2D eigenvalue weighted by Crippen LogP contribution is -2.58. The second kappa shape index (κ2) is 12.3. The summed E-state index contributed by atoms with van der Waals surface area (Å²) in [6, 6.07) is 8.66. The van der Waals surface area contributed by atoms with Crippen LogP contribution in [0.25, 0.3) is 12.2 Å². The van der Waals surface area contributed by atoms with Crippen molar-refractivity contribution in [1.82, 2.24) is 0 Å². The average Bonchev–Trinajstić information content (AvgIpc) is 2.89. The molecule has 0 aromatic heterocycles. The van der Waals surface area contributed by atoms with E-state index in [-0.39, 0.29) is 23.0 Å². The molecule has 12 nitrogen and oxygen atoms in total. The van der Waals surface area contributed by atoms with E-state index in [0.717, 1.165) is 12.2 Å². The molecule has 1 saturated carbocycles. The van der Waals surface area contributed by atoms with Crippen LogP contribution in [-0.4, -0.2) is 81.6 Å². The summed E-state index contributed by atoms with van der Waals surface area (Å²) >= 11 is 0. The number of rotatable bonds is 9. The molecule has 1 aliphatic rings. The summed E-state index contributed by atoms with van der Waals surface area (Å²) in [7, 11) is 2.73. The number of esters is 2. The van der Waals surface area contributed by atoms with Gasteiger partial charge in [-0.15, -0.1) is 0 Å². The lowest BCUT2D eigenvalue weighted by molar-refractivity contribution is -0.203. The smallest absolute Gasteiger partial charge is 0.335 e. The standard InChI is InChI=1S/C27H28O12/c1-36-19-8-4-15(11-18(19)29)5-9-23(30)38-21-13-27(35,26(33)34)14-22(25(21)32)39-24(31)10-6-16-3-7-17(28)20(12-16)37-2/h3-12,21-22,25,28-29,32,35H,13-14H2,1-2H3,(H,33,34)/b9-5+,10-6+/t21-,22-,25?,27?/m0/s1. The molecule has 0 amide bonds. The van der Waals surface area contributed by atoms with Gasteiger partial charge in [-0.2, -0.15) is 0 Å². The van der Waals surface area contributed by atoms with Crippen LogP contribution < -0.4 is 9.47 Å². The number of hydrogen-bond donors (Lipinski definition) is 5. The van der Waals surface area contributed by atoms with Gasteiger partial charge < -0.3 is 44.5 Å². The van der Waals surface area contributed by atoms with Crippen LogP contribution in [0.15, 0.2) is 48.6 Å². The Hall–Kier alpha value is -4.55. The minimum atomic E-state index is -2.45. The summed E-state index contributed by atoms with van der Waals surface area (Å²) in [5.74, 6) is -3.46. The van der Waals surface area contributed by atoms with Gasteiger partial charge in [0, 0.05) is 25.0 Å². The maximum absolute atomic E-state index is 12.4. The maximum atomic E-state index is 12.4. The van der Waals surface area contributed by atoms with Crippen LogP contribution in [0.3, 0.4) is 0 Å². The predicted molar refractivity (Wildman–Crippen MR) is 135 cm³/mol. The molecule has 0 bridgehead atoms. The number of hydrogen-bond acceptors (Lipinski definition) is 11. The minimum Gasteiger partial charge on any atom is -0.504 e. The van der Waals surface area contributed by atoms with E-state index in [1.807, 2.05) is 0 Å². The first-order valence-electron chi connectivity index (χ1n) is 11.6. The number of aliphatic hydroxyl groups excluding tert-OH is 1. The molecule has 12 heteroatoms. The van der Waals surface area contributed by atoms with Crippen molar-refractivity contribution in [1.29, 1.82) is 0 Å². The molecule has 4 atom stereocenters. The Morgan fingerprint density at radius 3 is 1.82 bits per heavy atom. The zero-order valence-corrected chi connectivity index (χ0v) is 21.0. The van der Waals surface area contributed by atoms with Gasteiger partial charge in [-0.05, 0) is 47.5 Å². The molecule has 0 radical (unpaired) electrons. The molecule has 5 N–H and O–H groups in total. The second-order valence-electron chi connectivity index (χ2n) is 8.72. The van der Waals surface area contributed by atoms with Crippen molar-refractivity contribution >= 4 is 30.1 Å². The fourth-order valence-electron chi connectivity index (χ4n) is 3.94. The first-order valence-corrected chi connectivity index (χ1v) is 11.6. The number of aromatic hydroxyl groups is 2.